The molecular weight excluding hydrogens is 496 g/mol. The lowest BCUT2D eigenvalue weighted by molar-refractivity contribution is 0.107. The van der Waals surface area contributed by atoms with E-state index in [-0.39, 0.29) is 10.9 Å². The molecule has 2 heterocycles. The van der Waals surface area contributed by atoms with Gasteiger partial charge in [-0.3, -0.25) is 9.59 Å². The first-order chi connectivity index (χ1) is 19.0. The molecule has 0 atom stereocenters. The standard InChI is InChI=1S/C35H34N2O3/c1-8-22-15-20(2)34(21(3)16-22)40-35(4,5)23-13-14-29-25(17-23)33(39)27-19-30-26(18-31(27)37(29)7)32(38)24-11-9-10-12-28(24)36(30)6/h9-19H,8H2,1-7H3. The summed E-state index contributed by atoms with van der Waals surface area (Å²) in [6.07, 6.45) is 0.979. The van der Waals surface area contributed by atoms with Crippen molar-refractivity contribution in [1.29, 1.82) is 0 Å². The number of aryl methyl sites for hydroxylation is 5. The van der Waals surface area contributed by atoms with E-state index < -0.39 is 5.60 Å². The first-order valence-corrected chi connectivity index (χ1v) is 13.8. The van der Waals surface area contributed by atoms with E-state index in [1.807, 2.05) is 91.7 Å². The van der Waals surface area contributed by atoms with Gasteiger partial charge in [-0.1, -0.05) is 37.3 Å². The summed E-state index contributed by atoms with van der Waals surface area (Å²) in [5.74, 6) is 0.883. The van der Waals surface area contributed by atoms with Crippen LogP contribution in [-0.4, -0.2) is 9.13 Å². The second-order valence-corrected chi connectivity index (χ2v) is 11.4. The number of pyridine rings is 2. The van der Waals surface area contributed by atoms with Gasteiger partial charge >= 0.3 is 0 Å². The summed E-state index contributed by atoms with van der Waals surface area (Å²) in [6, 6.07) is 21.7. The van der Waals surface area contributed by atoms with E-state index >= 15 is 0 Å². The average molecular weight is 531 g/mol. The SMILES string of the molecule is CCc1cc(C)c(OC(C)(C)c2ccc3c(c2)c(=O)c2cc4c(cc2n3C)c(=O)c2ccccc2n4C)c(C)c1. The third kappa shape index (κ3) is 3.83. The molecule has 202 valence electrons. The zero-order valence-electron chi connectivity index (χ0n) is 24.2. The molecule has 0 unspecified atom stereocenters. The van der Waals surface area contributed by atoms with Gasteiger partial charge in [0.2, 0.25) is 0 Å². The summed E-state index contributed by atoms with van der Waals surface area (Å²) in [5, 5.41) is 2.49. The highest BCUT2D eigenvalue weighted by molar-refractivity contribution is 6.03. The van der Waals surface area contributed by atoms with Crippen LogP contribution in [0.15, 0.2) is 76.3 Å². The van der Waals surface area contributed by atoms with Gasteiger partial charge in [0.15, 0.2) is 10.9 Å². The maximum Gasteiger partial charge on any atom is 0.197 e. The highest BCUT2D eigenvalue weighted by Crippen LogP contribution is 2.34. The predicted molar refractivity (Wildman–Crippen MR) is 166 cm³/mol. The fourth-order valence-corrected chi connectivity index (χ4v) is 6.11. The summed E-state index contributed by atoms with van der Waals surface area (Å²) in [6.45, 7) is 10.4. The van der Waals surface area contributed by atoms with Gasteiger partial charge < -0.3 is 13.9 Å². The first kappa shape index (κ1) is 25.9. The summed E-state index contributed by atoms with van der Waals surface area (Å²) >= 11 is 0. The lowest BCUT2D eigenvalue weighted by atomic mass is 9.94. The van der Waals surface area contributed by atoms with Gasteiger partial charge in [-0.2, -0.15) is 0 Å². The lowest BCUT2D eigenvalue weighted by Gasteiger charge is -2.29. The van der Waals surface area contributed by atoms with Crippen molar-refractivity contribution < 1.29 is 4.74 Å². The Morgan fingerprint density at radius 2 is 1.20 bits per heavy atom. The molecule has 2 aromatic heterocycles. The van der Waals surface area contributed by atoms with Crippen molar-refractivity contribution >= 4 is 43.6 Å². The number of aromatic nitrogens is 2. The molecule has 5 heteroatoms. The van der Waals surface area contributed by atoms with Gasteiger partial charge in [-0.05, 0) is 92.8 Å². The second kappa shape index (κ2) is 9.09. The zero-order chi connectivity index (χ0) is 28.5. The second-order valence-electron chi connectivity index (χ2n) is 11.4. The van der Waals surface area contributed by atoms with Crippen LogP contribution in [-0.2, 0) is 26.1 Å². The topological polar surface area (TPSA) is 53.2 Å². The average Bonchev–Trinajstić information content (AvgIpc) is 2.95. The van der Waals surface area contributed by atoms with E-state index in [1.165, 1.54) is 5.56 Å². The van der Waals surface area contributed by atoms with Gasteiger partial charge in [0, 0.05) is 35.6 Å². The number of rotatable bonds is 4. The van der Waals surface area contributed by atoms with E-state index in [2.05, 4.69) is 32.9 Å². The molecule has 40 heavy (non-hydrogen) atoms. The van der Waals surface area contributed by atoms with E-state index in [9.17, 15) is 9.59 Å². The Hall–Kier alpha value is -4.38. The predicted octanol–water partition coefficient (Wildman–Crippen LogP) is 7.19. The maximum absolute atomic E-state index is 14.0. The molecule has 0 aliphatic heterocycles. The number of benzene rings is 4. The molecule has 6 aromatic rings. The van der Waals surface area contributed by atoms with Crippen LogP contribution >= 0.6 is 0 Å². The van der Waals surface area contributed by atoms with Crippen molar-refractivity contribution in [2.45, 2.75) is 46.6 Å². The van der Waals surface area contributed by atoms with Gasteiger partial charge in [-0.25, -0.2) is 0 Å². The Labute approximate surface area is 233 Å². The summed E-state index contributed by atoms with van der Waals surface area (Å²) in [5.41, 5.74) is 6.83. The quantitative estimate of drug-likeness (QED) is 0.227. The van der Waals surface area contributed by atoms with Crippen molar-refractivity contribution in [3.05, 3.63) is 109 Å². The Kier molecular flexibility index (Phi) is 5.88. The minimum atomic E-state index is -0.663. The van der Waals surface area contributed by atoms with Crippen molar-refractivity contribution in [2.24, 2.45) is 14.1 Å². The fourth-order valence-electron chi connectivity index (χ4n) is 6.11. The molecule has 0 aliphatic rings. The van der Waals surface area contributed by atoms with Gasteiger partial charge in [0.05, 0.1) is 22.1 Å². The Balaban J connectivity index is 1.56. The van der Waals surface area contributed by atoms with Gasteiger partial charge in [-0.15, -0.1) is 0 Å². The van der Waals surface area contributed by atoms with E-state index in [0.717, 1.165) is 50.9 Å². The lowest BCUT2D eigenvalue weighted by Crippen LogP contribution is -2.26. The minimum absolute atomic E-state index is 0.0232. The van der Waals surface area contributed by atoms with Crippen LogP contribution < -0.4 is 15.6 Å². The summed E-state index contributed by atoms with van der Waals surface area (Å²) in [4.78, 5) is 27.4. The molecule has 4 aromatic carbocycles. The summed E-state index contributed by atoms with van der Waals surface area (Å²) < 4.78 is 10.6. The summed E-state index contributed by atoms with van der Waals surface area (Å²) in [7, 11) is 3.89. The van der Waals surface area contributed by atoms with Crippen molar-refractivity contribution in [2.75, 3.05) is 0 Å². The molecule has 0 bridgehead atoms. The molecule has 6 rings (SSSR count). The highest BCUT2D eigenvalue weighted by Gasteiger charge is 2.26. The smallest absolute Gasteiger partial charge is 0.197 e. The molecular formula is C35H34N2O3. The molecule has 5 nitrogen and oxygen atoms in total. The number of fused-ring (bicyclic) bond motifs is 4. The van der Waals surface area contributed by atoms with Crippen LogP contribution in [0.5, 0.6) is 5.75 Å². The Bertz CT molecular complexity index is 2110. The van der Waals surface area contributed by atoms with Crippen LogP contribution in [0.2, 0.25) is 0 Å². The number of ether oxygens (including phenoxy) is 1. The molecule has 0 saturated heterocycles. The van der Waals surface area contributed by atoms with Crippen LogP contribution in [0.3, 0.4) is 0 Å². The van der Waals surface area contributed by atoms with Crippen LogP contribution in [0.4, 0.5) is 0 Å². The number of hydrogen-bond acceptors (Lipinski definition) is 3. The van der Waals surface area contributed by atoms with E-state index in [0.29, 0.717) is 21.5 Å². The number of para-hydroxylation sites is 1. The Morgan fingerprint density at radius 1 is 0.675 bits per heavy atom. The van der Waals surface area contributed by atoms with E-state index in [4.69, 9.17) is 4.74 Å². The number of hydrogen-bond donors (Lipinski definition) is 0. The normalized spacial score (nSPS) is 12.2. The van der Waals surface area contributed by atoms with E-state index in [1.54, 1.807) is 0 Å². The molecule has 0 fully saturated rings. The Morgan fingerprint density at radius 3 is 1.80 bits per heavy atom. The first-order valence-electron chi connectivity index (χ1n) is 13.8. The van der Waals surface area contributed by atoms with Gasteiger partial charge in [0.1, 0.15) is 11.4 Å². The zero-order valence-corrected chi connectivity index (χ0v) is 24.2. The molecule has 0 amide bonds. The largest absolute Gasteiger partial charge is 0.483 e. The van der Waals surface area contributed by atoms with Crippen LogP contribution in [0.1, 0.15) is 43.0 Å². The minimum Gasteiger partial charge on any atom is -0.483 e. The third-order valence-corrected chi connectivity index (χ3v) is 8.42. The van der Waals surface area contributed by atoms with Crippen LogP contribution in [0.25, 0.3) is 43.6 Å². The van der Waals surface area contributed by atoms with Gasteiger partial charge in [0.25, 0.3) is 0 Å². The van der Waals surface area contributed by atoms with Crippen molar-refractivity contribution in [3.8, 4) is 5.75 Å². The molecule has 0 radical (unpaired) electrons. The fraction of sp³-hybridized carbons (Fsp3) is 0.257. The third-order valence-electron chi connectivity index (χ3n) is 8.42. The monoisotopic (exact) mass is 530 g/mol. The molecule has 0 saturated carbocycles. The highest BCUT2D eigenvalue weighted by atomic mass is 16.5. The molecule has 0 N–H and O–H groups in total. The molecule has 0 aliphatic carbocycles. The number of nitrogens with zero attached hydrogens (tertiary/aromatic N) is 2. The van der Waals surface area contributed by atoms with Crippen molar-refractivity contribution in [3.63, 3.8) is 0 Å². The maximum atomic E-state index is 14.0. The molecule has 0 spiro atoms. The van der Waals surface area contributed by atoms with Crippen LogP contribution in [0, 0.1) is 13.8 Å². The van der Waals surface area contributed by atoms with Crippen molar-refractivity contribution in [1.82, 2.24) is 9.13 Å².